The van der Waals surface area contributed by atoms with Crippen molar-refractivity contribution in [3.05, 3.63) is 94.8 Å². The van der Waals surface area contributed by atoms with Crippen molar-refractivity contribution in [2.45, 2.75) is 20.1 Å². The molecule has 0 amide bonds. The zero-order chi connectivity index (χ0) is 19.2. The average molecular weight is 365 g/mol. The van der Waals surface area contributed by atoms with Gasteiger partial charge in [0.2, 0.25) is 0 Å². The van der Waals surface area contributed by atoms with E-state index in [9.17, 15) is 9.18 Å². The monoisotopic (exact) mass is 365 g/mol. The van der Waals surface area contributed by atoms with E-state index < -0.39 is 5.97 Å². The molecule has 2 N–H and O–H groups in total. The number of aryl methyl sites for hydroxylation is 1. The fraction of sp³-hybridized carbons (Fsp3) is 0.136. The Morgan fingerprint density at radius 1 is 1.04 bits per heavy atom. The first kappa shape index (κ1) is 18.5. The van der Waals surface area contributed by atoms with E-state index in [1.165, 1.54) is 6.07 Å². The Balaban J connectivity index is 1.72. The molecule has 0 radical (unpaired) electrons. The van der Waals surface area contributed by atoms with Gasteiger partial charge in [-0.25, -0.2) is 9.18 Å². The Morgan fingerprint density at radius 3 is 2.48 bits per heavy atom. The van der Waals surface area contributed by atoms with Crippen LogP contribution >= 0.6 is 0 Å². The number of para-hydroxylation sites is 1. The summed E-state index contributed by atoms with van der Waals surface area (Å²) in [5.74, 6) is -0.610. The van der Waals surface area contributed by atoms with Crippen LogP contribution in [0.15, 0.2) is 66.7 Å². The standard InChI is InChI=1S/C22H20FNO3/c1-15-10-11-16(22(25)26)12-20(15)24-13-17-6-3-5-9-21(17)27-14-18-7-2-4-8-19(18)23/h2-12,24H,13-14H2,1H3,(H,25,26). The molecule has 0 atom stereocenters. The van der Waals surface area contributed by atoms with Crippen LogP contribution in [0.5, 0.6) is 5.75 Å². The maximum absolute atomic E-state index is 13.8. The lowest BCUT2D eigenvalue weighted by atomic mass is 10.1. The van der Waals surface area contributed by atoms with Crippen LogP contribution in [0.1, 0.15) is 27.0 Å². The number of benzene rings is 3. The molecular weight excluding hydrogens is 345 g/mol. The molecule has 3 rings (SSSR count). The third kappa shape index (κ3) is 4.64. The van der Waals surface area contributed by atoms with Crippen molar-refractivity contribution in [3.8, 4) is 5.75 Å². The van der Waals surface area contributed by atoms with E-state index in [1.54, 1.807) is 36.4 Å². The Morgan fingerprint density at radius 2 is 1.74 bits per heavy atom. The number of ether oxygens (including phenoxy) is 1. The Labute approximate surface area is 157 Å². The third-order valence-electron chi connectivity index (χ3n) is 4.27. The Hall–Kier alpha value is -3.34. The molecular formula is C22H20FNO3. The first-order valence-corrected chi connectivity index (χ1v) is 8.56. The molecule has 0 aromatic heterocycles. The number of nitrogens with one attached hydrogen (secondary N) is 1. The van der Waals surface area contributed by atoms with Gasteiger partial charge in [-0.3, -0.25) is 0 Å². The first-order chi connectivity index (χ1) is 13.0. The zero-order valence-corrected chi connectivity index (χ0v) is 14.9. The fourth-order valence-electron chi connectivity index (χ4n) is 2.70. The number of rotatable bonds is 7. The van der Waals surface area contributed by atoms with Gasteiger partial charge in [-0.15, -0.1) is 0 Å². The maximum Gasteiger partial charge on any atom is 0.335 e. The van der Waals surface area contributed by atoms with E-state index in [0.29, 0.717) is 17.9 Å². The summed E-state index contributed by atoms with van der Waals surface area (Å²) in [4.78, 5) is 11.2. The number of carbonyl (C=O) groups is 1. The van der Waals surface area contributed by atoms with E-state index in [4.69, 9.17) is 9.84 Å². The van der Waals surface area contributed by atoms with Crippen molar-refractivity contribution in [3.63, 3.8) is 0 Å². The van der Waals surface area contributed by atoms with Crippen LogP contribution in [0.4, 0.5) is 10.1 Å². The van der Waals surface area contributed by atoms with E-state index in [0.717, 1.165) is 16.8 Å². The molecule has 0 heterocycles. The predicted octanol–water partition coefficient (Wildman–Crippen LogP) is 5.02. The number of hydrogen-bond donors (Lipinski definition) is 2. The van der Waals surface area contributed by atoms with Crippen molar-refractivity contribution < 1.29 is 19.0 Å². The minimum atomic E-state index is -0.966. The predicted molar refractivity (Wildman–Crippen MR) is 103 cm³/mol. The van der Waals surface area contributed by atoms with E-state index in [1.807, 2.05) is 31.2 Å². The van der Waals surface area contributed by atoms with Crippen LogP contribution in [0.3, 0.4) is 0 Å². The van der Waals surface area contributed by atoms with Gasteiger partial charge in [0.25, 0.3) is 0 Å². The van der Waals surface area contributed by atoms with E-state index >= 15 is 0 Å². The number of hydrogen-bond acceptors (Lipinski definition) is 3. The SMILES string of the molecule is Cc1ccc(C(=O)O)cc1NCc1ccccc1OCc1ccccc1F. The Bertz CT molecular complexity index is 956. The van der Waals surface area contributed by atoms with Crippen LogP contribution < -0.4 is 10.1 Å². The summed E-state index contributed by atoms with van der Waals surface area (Å²) in [5, 5.41) is 12.4. The maximum atomic E-state index is 13.8. The summed E-state index contributed by atoms with van der Waals surface area (Å²) < 4.78 is 19.6. The normalized spacial score (nSPS) is 10.4. The van der Waals surface area contributed by atoms with E-state index in [2.05, 4.69) is 5.32 Å². The molecule has 0 saturated carbocycles. The van der Waals surface area contributed by atoms with Gasteiger partial charge in [0, 0.05) is 23.4 Å². The summed E-state index contributed by atoms with van der Waals surface area (Å²) in [7, 11) is 0. The lowest BCUT2D eigenvalue weighted by Gasteiger charge is -2.14. The molecule has 27 heavy (non-hydrogen) atoms. The number of halogens is 1. The lowest BCUT2D eigenvalue weighted by molar-refractivity contribution is 0.0697. The molecule has 3 aromatic carbocycles. The van der Waals surface area contributed by atoms with E-state index in [-0.39, 0.29) is 18.0 Å². The van der Waals surface area contributed by atoms with Crippen LogP contribution in [-0.2, 0) is 13.2 Å². The summed E-state index contributed by atoms with van der Waals surface area (Å²) in [6.07, 6.45) is 0. The van der Waals surface area contributed by atoms with Crippen molar-refractivity contribution >= 4 is 11.7 Å². The summed E-state index contributed by atoms with van der Waals surface area (Å²) >= 11 is 0. The topological polar surface area (TPSA) is 58.6 Å². The lowest BCUT2D eigenvalue weighted by Crippen LogP contribution is -2.06. The minimum absolute atomic E-state index is 0.136. The van der Waals surface area contributed by atoms with Gasteiger partial charge < -0.3 is 15.2 Å². The van der Waals surface area contributed by atoms with Crippen LogP contribution in [0.2, 0.25) is 0 Å². The summed E-state index contributed by atoms with van der Waals surface area (Å²) in [6.45, 7) is 2.50. The Kier molecular flexibility index (Phi) is 5.71. The second-order valence-corrected chi connectivity index (χ2v) is 6.18. The van der Waals surface area contributed by atoms with Gasteiger partial charge in [-0.05, 0) is 36.8 Å². The number of carboxylic acids is 1. The molecule has 5 heteroatoms. The minimum Gasteiger partial charge on any atom is -0.488 e. The third-order valence-corrected chi connectivity index (χ3v) is 4.27. The van der Waals surface area contributed by atoms with Crippen LogP contribution in [-0.4, -0.2) is 11.1 Å². The van der Waals surface area contributed by atoms with Gasteiger partial charge in [-0.2, -0.15) is 0 Å². The van der Waals surface area contributed by atoms with Gasteiger partial charge >= 0.3 is 5.97 Å². The average Bonchev–Trinajstić information content (AvgIpc) is 2.67. The molecule has 0 unspecified atom stereocenters. The highest BCUT2D eigenvalue weighted by Gasteiger charge is 2.09. The highest BCUT2D eigenvalue weighted by Crippen LogP contribution is 2.23. The largest absolute Gasteiger partial charge is 0.488 e. The zero-order valence-electron chi connectivity index (χ0n) is 14.9. The number of anilines is 1. The summed E-state index contributed by atoms with van der Waals surface area (Å²) in [6, 6.07) is 19.0. The highest BCUT2D eigenvalue weighted by molar-refractivity contribution is 5.89. The van der Waals surface area contributed by atoms with Crippen LogP contribution in [0, 0.1) is 12.7 Å². The molecule has 4 nitrogen and oxygen atoms in total. The molecule has 3 aromatic rings. The molecule has 0 spiro atoms. The fourth-order valence-corrected chi connectivity index (χ4v) is 2.70. The van der Waals surface area contributed by atoms with Gasteiger partial charge in [-0.1, -0.05) is 42.5 Å². The second kappa shape index (κ2) is 8.36. The molecule has 0 bridgehead atoms. The first-order valence-electron chi connectivity index (χ1n) is 8.56. The molecule has 0 fully saturated rings. The van der Waals surface area contributed by atoms with Crippen molar-refractivity contribution in [1.29, 1.82) is 0 Å². The van der Waals surface area contributed by atoms with Gasteiger partial charge in [0.1, 0.15) is 18.2 Å². The van der Waals surface area contributed by atoms with Crippen molar-refractivity contribution in [2.75, 3.05) is 5.32 Å². The van der Waals surface area contributed by atoms with Gasteiger partial charge in [0.05, 0.1) is 5.56 Å². The molecule has 0 aliphatic heterocycles. The molecule has 0 saturated heterocycles. The van der Waals surface area contributed by atoms with Crippen molar-refractivity contribution in [2.24, 2.45) is 0 Å². The number of carboxylic acid groups (broad SMARTS) is 1. The van der Waals surface area contributed by atoms with Crippen LogP contribution in [0.25, 0.3) is 0 Å². The highest BCUT2D eigenvalue weighted by atomic mass is 19.1. The van der Waals surface area contributed by atoms with Crippen molar-refractivity contribution in [1.82, 2.24) is 0 Å². The number of aromatic carboxylic acids is 1. The molecule has 138 valence electrons. The molecule has 0 aliphatic carbocycles. The quantitative estimate of drug-likeness (QED) is 0.617. The smallest absolute Gasteiger partial charge is 0.335 e. The van der Waals surface area contributed by atoms with Gasteiger partial charge in [0.15, 0.2) is 0 Å². The molecule has 0 aliphatic rings. The second-order valence-electron chi connectivity index (χ2n) is 6.18. The summed E-state index contributed by atoms with van der Waals surface area (Å²) in [5.41, 5.74) is 3.31.